The molecule has 1 amide bonds. The van der Waals surface area contributed by atoms with Gasteiger partial charge < -0.3 is 15.4 Å². The number of halogens is 4. The van der Waals surface area contributed by atoms with E-state index in [9.17, 15) is 18.0 Å². The first-order valence-electron chi connectivity index (χ1n) is 12.4. The highest BCUT2D eigenvalue weighted by atomic mass is 19.4. The molecule has 0 radical (unpaired) electrons. The quantitative estimate of drug-likeness (QED) is 0.337. The lowest BCUT2D eigenvalue weighted by Gasteiger charge is -2.34. The van der Waals surface area contributed by atoms with Crippen molar-refractivity contribution in [3.8, 4) is 0 Å². The third kappa shape index (κ3) is 4.26. The van der Waals surface area contributed by atoms with Crippen LogP contribution in [-0.2, 0) is 30.5 Å². The Hall–Kier alpha value is -4.12. The van der Waals surface area contributed by atoms with Crippen molar-refractivity contribution in [3.63, 3.8) is 0 Å². The van der Waals surface area contributed by atoms with Gasteiger partial charge in [0, 0.05) is 29.4 Å². The Morgan fingerprint density at radius 1 is 1.13 bits per heavy atom. The van der Waals surface area contributed by atoms with Gasteiger partial charge in [-0.3, -0.25) is 4.79 Å². The molecule has 0 spiro atoms. The summed E-state index contributed by atoms with van der Waals surface area (Å²) >= 11 is 0. The maximum Gasteiger partial charge on any atom is 0.416 e. The van der Waals surface area contributed by atoms with Crippen LogP contribution in [-0.4, -0.2) is 25.8 Å². The number of pyridine rings is 1. The highest BCUT2D eigenvalue weighted by Gasteiger charge is 2.39. The average Bonchev–Trinajstić information content (AvgIpc) is 3.57. The average molecular weight is 538 g/mol. The van der Waals surface area contributed by atoms with E-state index in [2.05, 4.69) is 15.0 Å². The lowest BCUT2D eigenvalue weighted by atomic mass is 9.99. The normalized spacial score (nSPS) is 17.2. The molecular formula is C28H23F4N5O2. The van der Waals surface area contributed by atoms with Crippen molar-refractivity contribution in [3.05, 3.63) is 93.8 Å². The number of carbonyl (C=O) groups excluding carboxylic acids is 1. The second-order valence-corrected chi connectivity index (χ2v) is 9.76. The van der Waals surface area contributed by atoms with E-state index in [0.29, 0.717) is 46.3 Å². The number of hydrogen-bond acceptors (Lipinski definition) is 6. The van der Waals surface area contributed by atoms with Crippen LogP contribution in [0.15, 0.2) is 48.8 Å². The molecule has 6 rings (SSSR count). The van der Waals surface area contributed by atoms with Crippen LogP contribution >= 0.6 is 0 Å². The second-order valence-electron chi connectivity index (χ2n) is 9.76. The zero-order valence-corrected chi connectivity index (χ0v) is 20.8. The summed E-state index contributed by atoms with van der Waals surface area (Å²) in [5.41, 5.74) is 7.95. The number of anilines is 1. The van der Waals surface area contributed by atoms with Gasteiger partial charge in [0.05, 0.1) is 41.9 Å². The molecule has 39 heavy (non-hydrogen) atoms. The first kappa shape index (κ1) is 25.2. The molecule has 0 fully saturated rings. The smallest absolute Gasteiger partial charge is 0.383 e. The number of carbonyl (C=O) groups is 1. The van der Waals surface area contributed by atoms with E-state index in [0.717, 1.165) is 17.7 Å². The molecule has 0 saturated carbocycles. The molecule has 7 nitrogen and oxygen atoms in total. The van der Waals surface area contributed by atoms with Crippen LogP contribution in [0.2, 0.25) is 0 Å². The fourth-order valence-electron chi connectivity index (χ4n) is 5.59. The Morgan fingerprint density at radius 2 is 1.87 bits per heavy atom. The summed E-state index contributed by atoms with van der Waals surface area (Å²) < 4.78 is 61.1. The predicted molar refractivity (Wildman–Crippen MR) is 134 cm³/mol. The Kier molecular flexibility index (Phi) is 5.98. The van der Waals surface area contributed by atoms with Crippen LogP contribution in [0, 0.1) is 5.82 Å². The number of nitrogens with two attached hydrogens (primary N) is 1. The Morgan fingerprint density at radius 3 is 2.62 bits per heavy atom. The van der Waals surface area contributed by atoms with Gasteiger partial charge in [-0.05, 0) is 60.7 Å². The number of aryl methyl sites for hydroxylation is 1. The third-order valence-electron chi connectivity index (χ3n) is 7.51. The summed E-state index contributed by atoms with van der Waals surface area (Å²) in [6.07, 6.45) is -0.699. The topological polar surface area (TPSA) is 94.2 Å². The minimum Gasteiger partial charge on any atom is -0.383 e. The molecule has 4 aromatic rings. The Balaban J connectivity index is 1.47. The van der Waals surface area contributed by atoms with E-state index < -0.39 is 35.5 Å². The fourth-order valence-corrected chi connectivity index (χ4v) is 5.59. The number of benzene rings is 2. The molecule has 2 N–H and O–H groups in total. The van der Waals surface area contributed by atoms with Gasteiger partial charge in [-0.15, -0.1) is 0 Å². The number of alkyl halides is 3. The number of fused-ring (bicyclic) bond motifs is 4. The number of rotatable bonds is 4. The van der Waals surface area contributed by atoms with E-state index in [1.54, 1.807) is 13.0 Å². The molecule has 2 aromatic carbocycles. The summed E-state index contributed by atoms with van der Waals surface area (Å²) in [6, 6.07) is 6.50. The number of nitrogen functional groups attached to an aromatic ring is 1. The number of ether oxygens (including phenoxy) is 1. The van der Waals surface area contributed by atoms with Crippen LogP contribution < -0.4 is 5.73 Å². The van der Waals surface area contributed by atoms with E-state index in [1.165, 1.54) is 35.5 Å². The van der Waals surface area contributed by atoms with Gasteiger partial charge in [0.1, 0.15) is 17.5 Å². The first-order chi connectivity index (χ1) is 18.6. The highest BCUT2D eigenvalue weighted by molar-refractivity contribution is 6.00. The maximum absolute atomic E-state index is 15.5. The Labute approximate surface area is 220 Å². The molecule has 2 aliphatic rings. The molecule has 1 aliphatic heterocycles. The molecule has 0 saturated heterocycles. The third-order valence-corrected chi connectivity index (χ3v) is 7.51. The summed E-state index contributed by atoms with van der Waals surface area (Å²) in [4.78, 5) is 28.5. The van der Waals surface area contributed by atoms with Gasteiger partial charge >= 0.3 is 6.18 Å². The predicted octanol–water partition coefficient (Wildman–Crippen LogP) is 5.69. The van der Waals surface area contributed by atoms with Crippen molar-refractivity contribution < 1.29 is 27.1 Å². The van der Waals surface area contributed by atoms with Crippen LogP contribution in [0.25, 0.3) is 10.9 Å². The molecule has 200 valence electrons. The summed E-state index contributed by atoms with van der Waals surface area (Å²) in [5.74, 6) is -0.825. The lowest BCUT2D eigenvalue weighted by molar-refractivity contribution is -0.137. The minimum atomic E-state index is -4.48. The molecule has 0 unspecified atom stereocenters. The van der Waals surface area contributed by atoms with Crippen molar-refractivity contribution in [2.45, 2.75) is 51.2 Å². The summed E-state index contributed by atoms with van der Waals surface area (Å²) in [7, 11) is 0. The molecule has 11 heteroatoms. The minimum absolute atomic E-state index is 0.189. The zero-order valence-electron chi connectivity index (χ0n) is 20.8. The standard InChI is InChI=1S/C28H23F4N5O2/c1-14(26-34-7-2-8-35-26)37(24-6-3-15-9-16(28(30,31)32)4-5-17(15)24)27(38)19-10-18-20-12-39-13-21(20)25(33)36-23(18)11-22(19)29/h2,4-5,7-11,14,24H,3,6,12-13H2,1H3,(H2,33,36)/t14-,24-/m1/s1. The van der Waals surface area contributed by atoms with E-state index in [4.69, 9.17) is 10.5 Å². The van der Waals surface area contributed by atoms with Gasteiger partial charge in [-0.1, -0.05) is 6.07 Å². The molecule has 3 heterocycles. The van der Waals surface area contributed by atoms with Crippen molar-refractivity contribution in [2.75, 3.05) is 5.73 Å². The zero-order chi connectivity index (χ0) is 27.5. The van der Waals surface area contributed by atoms with Crippen LogP contribution in [0.4, 0.5) is 23.4 Å². The van der Waals surface area contributed by atoms with Crippen molar-refractivity contribution >= 4 is 22.6 Å². The summed E-state index contributed by atoms with van der Waals surface area (Å²) in [6.45, 7) is 2.26. The summed E-state index contributed by atoms with van der Waals surface area (Å²) in [5, 5.41) is 0.562. The van der Waals surface area contributed by atoms with Gasteiger partial charge in [0.2, 0.25) is 0 Å². The molecule has 0 bridgehead atoms. The molecule has 1 aliphatic carbocycles. The molecule has 2 aromatic heterocycles. The van der Waals surface area contributed by atoms with Crippen molar-refractivity contribution in [1.29, 1.82) is 0 Å². The number of hydrogen-bond donors (Lipinski definition) is 1. The van der Waals surface area contributed by atoms with Gasteiger partial charge in [-0.2, -0.15) is 13.2 Å². The fraction of sp³-hybridized carbons (Fsp3) is 0.286. The monoisotopic (exact) mass is 537 g/mol. The number of aromatic nitrogens is 3. The van der Waals surface area contributed by atoms with Crippen molar-refractivity contribution in [1.82, 2.24) is 19.9 Å². The van der Waals surface area contributed by atoms with E-state index in [-0.39, 0.29) is 24.6 Å². The SMILES string of the molecule is C[C@H](c1ncccn1)N(C(=O)c1cc2c3c(c(N)nc2cc1F)COC3)[C@@H]1CCc2cc(C(F)(F)F)ccc21. The molecular weight excluding hydrogens is 514 g/mol. The Bertz CT molecular complexity index is 1610. The molecule has 2 atom stereocenters. The maximum atomic E-state index is 15.5. The van der Waals surface area contributed by atoms with Crippen molar-refractivity contribution in [2.24, 2.45) is 0 Å². The largest absolute Gasteiger partial charge is 0.416 e. The van der Waals surface area contributed by atoms with E-state index in [1.807, 2.05) is 0 Å². The lowest BCUT2D eigenvalue weighted by Crippen LogP contribution is -2.37. The second kappa shape index (κ2) is 9.26. The van der Waals surface area contributed by atoms with Gasteiger partial charge in [0.25, 0.3) is 5.91 Å². The van der Waals surface area contributed by atoms with E-state index >= 15 is 4.39 Å². The van der Waals surface area contributed by atoms with Gasteiger partial charge in [-0.25, -0.2) is 19.3 Å². The highest BCUT2D eigenvalue weighted by Crippen LogP contribution is 2.43. The van der Waals surface area contributed by atoms with Crippen LogP contribution in [0.3, 0.4) is 0 Å². The van der Waals surface area contributed by atoms with Crippen LogP contribution in [0.1, 0.15) is 69.4 Å². The first-order valence-corrected chi connectivity index (χ1v) is 12.4. The number of amides is 1. The van der Waals surface area contributed by atoms with Gasteiger partial charge in [0.15, 0.2) is 0 Å². The number of nitrogens with zero attached hydrogens (tertiary/aromatic N) is 4. The van der Waals surface area contributed by atoms with Crippen LogP contribution in [0.5, 0.6) is 0 Å².